The van der Waals surface area contributed by atoms with Crippen molar-refractivity contribution < 1.29 is 0 Å². The van der Waals surface area contributed by atoms with E-state index < -0.39 is 0 Å². The molecule has 2 N–H and O–H groups in total. The molecule has 0 aliphatic carbocycles. The Hall–Kier alpha value is -0.580. The standard InChI is InChI=1S/C16H20Cl2N2S/c1-11(2)20(10-12-5-4-8-21-12)15(9-19)13-6-3-7-14(17)16(13)18/h3-8,11,15H,9-10,19H2,1-2H3. The summed E-state index contributed by atoms with van der Waals surface area (Å²) in [7, 11) is 0. The number of thiophene rings is 1. The molecule has 1 unspecified atom stereocenters. The third kappa shape index (κ3) is 3.99. The van der Waals surface area contributed by atoms with Gasteiger partial charge in [-0.25, -0.2) is 0 Å². The predicted octanol–water partition coefficient (Wildman–Crippen LogP) is 4.97. The maximum Gasteiger partial charge on any atom is 0.0640 e. The molecule has 0 saturated carbocycles. The van der Waals surface area contributed by atoms with E-state index >= 15 is 0 Å². The average molecular weight is 343 g/mol. The summed E-state index contributed by atoms with van der Waals surface area (Å²) in [6, 6.07) is 10.4. The second-order valence-electron chi connectivity index (χ2n) is 5.24. The van der Waals surface area contributed by atoms with Gasteiger partial charge in [0.05, 0.1) is 10.0 Å². The lowest BCUT2D eigenvalue weighted by Crippen LogP contribution is -2.38. The molecule has 2 aromatic rings. The van der Waals surface area contributed by atoms with Gasteiger partial charge in [0.25, 0.3) is 0 Å². The van der Waals surface area contributed by atoms with Crippen LogP contribution in [0.25, 0.3) is 0 Å². The molecule has 1 aromatic heterocycles. The Morgan fingerprint density at radius 2 is 1.95 bits per heavy atom. The normalized spacial score (nSPS) is 13.1. The van der Waals surface area contributed by atoms with Gasteiger partial charge in [-0.3, -0.25) is 4.90 Å². The number of benzene rings is 1. The topological polar surface area (TPSA) is 29.3 Å². The molecule has 0 bridgehead atoms. The van der Waals surface area contributed by atoms with Gasteiger partial charge in [0.15, 0.2) is 0 Å². The highest BCUT2D eigenvalue weighted by Gasteiger charge is 2.24. The SMILES string of the molecule is CC(C)N(Cc1cccs1)C(CN)c1cccc(Cl)c1Cl. The monoisotopic (exact) mass is 342 g/mol. The van der Waals surface area contributed by atoms with Crippen LogP contribution in [0.5, 0.6) is 0 Å². The van der Waals surface area contributed by atoms with Crippen LogP contribution >= 0.6 is 34.5 Å². The first-order valence-corrected chi connectivity index (χ1v) is 8.60. The molecule has 2 rings (SSSR count). The molecule has 0 saturated heterocycles. The molecular weight excluding hydrogens is 323 g/mol. The predicted molar refractivity (Wildman–Crippen MR) is 93.3 cm³/mol. The van der Waals surface area contributed by atoms with Gasteiger partial charge in [-0.2, -0.15) is 0 Å². The van der Waals surface area contributed by atoms with E-state index in [0.717, 1.165) is 12.1 Å². The first-order valence-electron chi connectivity index (χ1n) is 6.96. The van der Waals surface area contributed by atoms with Gasteiger partial charge in [-0.1, -0.05) is 41.4 Å². The molecule has 0 amide bonds. The molecule has 2 nitrogen and oxygen atoms in total. The van der Waals surface area contributed by atoms with Crippen LogP contribution < -0.4 is 5.73 Å². The molecule has 21 heavy (non-hydrogen) atoms. The van der Waals surface area contributed by atoms with Crippen LogP contribution in [0.2, 0.25) is 10.0 Å². The first-order chi connectivity index (χ1) is 10.0. The lowest BCUT2D eigenvalue weighted by Gasteiger charge is -2.35. The number of nitrogens with zero attached hydrogens (tertiary/aromatic N) is 1. The third-order valence-corrected chi connectivity index (χ3v) is 5.24. The van der Waals surface area contributed by atoms with Crippen molar-refractivity contribution in [2.75, 3.05) is 6.54 Å². The zero-order valence-electron chi connectivity index (χ0n) is 12.2. The minimum absolute atomic E-state index is 0.0540. The summed E-state index contributed by atoms with van der Waals surface area (Å²) in [6.07, 6.45) is 0. The number of nitrogens with two attached hydrogens (primary N) is 1. The van der Waals surface area contributed by atoms with E-state index in [-0.39, 0.29) is 6.04 Å². The van der Waals surface area contributed by atoms with E-state index in [9.17, 15) is 0 Å². The Balaban J connectivity index is 2.33. The summed E-state index contributed by atoms with van der Waals surface area (Å²) in [6.45, 7) is 5.72. The highest BCUT2D eigenvalue weighted by molar-refractivity contribution is 7.09. The molecule has 0 fully saturated rings. The Labute approximate surface area is 140 Å². The molecule has 1 aromatic carbocycles. The second-order valence-corrected chi connectivity index (χ2v) is 7.06. The number of halogens is 2. The average Bonchev–Trinajstić information content (AvgIpc) is 2.95. The second kappa shape index (κ2) is 7.61. The van der Waals surface area contributed by atoms with E-state index in [1.54, 1.807) is 17.4 Å². The van der Waals surface area contributed by atoms with Crippen molar-refractivity contribution in [1.29, 1.82) is 0 Å². The first kappa shape index (κ1) is 16.8. The lowest BCUT2D eigenvalue weighted by molar-refractivity contribution is 0.149. The molecule has 1 atom stereocenters. The Kier molecular flexibility index (Phi) is 6.08. The molecule has 5 heteroatoms. The lowest BCUT2D eigenvalue weighted by atomic mass is 10.0. The highest BCUT2D eigenvalue weighted by atomic mass is 35.5. The summed E-state index contributed by atoms with van der Waals surface area (Å²) in [5.74, 6) is 0. The maximum atomic E-state index is 6.39. The summed E-state index contributed by atoms with van der Waals surface area (Å²) >= 11 is 14.3. The van der Waals surface area contributed by atoms with Crippen LogP contribution in [0.4, 0.5) is 0 Å². The fourth-order valence-corrected chi connectivity index (χ4v) is 3.60. The van der Waals surface area contributed by atoms with Gasteiger partial charge in [-0.05, 0) is 36.9 Å². The van der Waals surface area contributed by atoms with Crippen molar-refractivity contribution >= 4 is 34.5 Å². The summed E-state index contributed by atoms with van der Waals surface area (Å²) < 4.78 is 0. The zero-order valence-corrected chi connectivity index (χ0v) is 14.6. The summed E-state index contributed by atoms with van der Waals surface area (Å²) in [5, 5.41) is 3.27. The van der Waals surface area contributed by atoms with Crippen LogP contribution in [-0.4, -0.2) is 17.5 Å². The highest BCUT2D eigenvalue weighted by Crippen LogP contribution is 2.34. The van der Waals surface area contributed by atoms with Gasteiger partial charge in [0.1, 0.15) is 0 Å². The molecule has 0 radical (unpaired) electrons. The smallest absolute Gasteiger partial charge is 0.0640 e. The Bertz CT molecular complexity index is 570. The molecule has 1 heterocycles. The fourth-order valence-electron chi connectivity index (χ4n) is 2.45. The van der Waals surface area contributed by atoms with E-state index in [1.165, 1.54) is 4.88 Å². The molecular formula is C16H20Cl2N2S. The number of rotatable bonds is 6. The number of hydrogen-bond acceptors (Lipinski definition) is 3. The fraction of sp³-hybridized carbons (Fsp3) is 0.375. The van der Waals surface area contributed by atoms with Crippen LogP contribution in [0, 0.1) is 0 Å². The molecule has 0 aliphatic heterocycles. The molecule has 0 spiro atoms. The minimum atomic E-state index is 0.0540. The van der Waals surface area contributed by atoms with Crippen molar-refractivity contribution in [2.24, 2.45) is 5.73 Å². The van der Waals surface area contributed by atoms with Crippen LogP contribution in [-0.2, 0) is 6.54 Å². The third-order valence-electron chi connectivity index (χ3n) is 3.55. The largest absolute Gasteiger partial charge is 0.329 e. The molecule has 114 valence electrons. The Morgan fingerprint density at radius 1 is 1.19 bits per heavy atom. The van der Waals surface area contributed by atoms with Gasteiger partial charge in [0, 0.05) is 30.1 Å². The van der Waals surface area contributed by atoms with Gasteiger partial charge >= 0.3 is 0 Å². The van der Waals surface area contributed by atoms with E-state index in [2.05, 4.69) is 36.3 Å². The van der Waals surface area contributed by atoms with Crippen LogP contribution in [0.3, 0.4) is 0 Å². The summed E-state index contributed by atoms with van der Waals surface area (Å²) in [4.78, 5) is 3.68. The van der Waals surface area contributed by atoms with Gasteiger partial charge < -0.3 is 5.73 Å². The van der Waals surface area contributed by atoms with Crippen molar-refractivity contribution in [3.8, 4) is 0 Å². The van der Waals surface area contributed by atoms with Crippen molar-refractivity contribution in [3.63, 3.8) is 0 Å². The van der Waals surface area contributed by atoms with Gasteiger partial charge in [0.2, 0.25) is 0 Å². The van der Waals surface area contributed by atoms with Crippen LogP contribution in [0.15, 0.2) is 35.7 Å². The van der Waals surface area contributed by atoms with Gasteiger partial charge in [-0.15, -0.1) is 11.3 Å². The summed E-state index contributed by atoms with van der Waals surface area (Å²) in [5.41, 5.74) is 7.05. The van der Waals surface area contributed by atoms with Crippen molar-refractivity contribution in [2.45, 2.75) is 32.5 Å². The van der Waals surface area contributed by atoms with E-state index in [1.807, 2.05) is 12.1 Å². The van der Waals surface area contributed by atoms with Crippen molar-refractivity contribution in [1.82, 2.24) is 4.90 Å². The van der Waals surface area contributed by atoms with Crippen LogP contribution in [0.1, 0.15) is 30.3 Å². The number of hydrogen-bond donors (Lipinski definition) is 1. The van der Waals surface area contributed by atoms with Crippen molar-refractivity contribution in [3.05, 3.63) is 56.2 Å². The Morgan fingerprint density at radius 3 is 2.52 bits per heavy atom. The molecule has 0 aliphatic rings. The minimum Gasteiger partial charge on any atom is -0.329 e. The maximum absolute atomic E-state index is 6.39. The quantitative estimate of drug-likeness (QED) is 0.803. The van der Waals surface area contributed by atoms with E-state index in [4.69, 9.17) is 28.9 Å². The zero-order chi connectivity index (χ0) is 15.4. The van der Waals surface area contributed by atoms with E-state index in [0.29, 0.717) is 22.6 Å².